The number of ether oxygens (including phenoxy) is 4. The van der Waals surface area contributed by atoms with Crippen LogP contribution in [0, 0.1) is 50.7 Å². The predicted octanol–water partition coefficient (Wildman–Crippen LogP) is 5.78. The van der Waals surface area contributed by atoms with Gasteiger partial charge < -0.3 is 18.9 Å². The van der Waals surface area contributed by atoms with Gasteiger partial charge in [-0.3, -0.25) is 0 Å². The fourth-order valence-corrected chi connectivity index (χ4v) is 3.82. The molecule has 4 aromatic rings. The van der Waals surface area contributed by atoms with E-state index in [4.69, 9.17) is 18.9 Å². The standard InChI is InChI=1S/C33H24N4O4/c34-17-25-5-1-9-29(13-25)38-21-33(22-39-30-10-2-6-26(14-30)18-35,23-40-31-11-3-7-27(15-31)19-36)24-41-32-12-4-8-28(16-32)20-37/h1-16H,21-24H2. The van der Waals surface area contributed by atoms with Crippen molar-refractivity contribution in [3.63, 3.8) is 0 Å². The molecule has 8 nitrogen and oxygen atoms in total. The molecule has 0 N–H and O–H groups in total. The van der Waals surface area contributed by atoms with Crippen LogP contribution in [0.4, 0.5) is 0 Å². The van der Waals surface area contributed by atoms with E-state index in [0.29, 0.717) is 45.3 Å². The monoisotopic (exact) mass is 540 g/mol. The lowest BCUT2D eigenvalue weighted by atomic mass is 9.92. The molecule has 0 aromatic heterocycles. The average molecular weight is 541 g/mol. The SMILES string of the molecule is N#Cc1cccc(OCC(COc2cccc(C#N)c2)(COc2cccc(C#N)c2)COc2cccc(C#N)c2)c1. The molecule has 0 fully saturated rings. The second-order valence-corrected chi connectivity index (χ2v) is 9.21. The van der Waals surface area contributed by atoms with E-state index >= 15 is 0 Å². The minimum Gasteiger partial charge on any atom is -0.493 e. The van der Waals surface area contributed by atoms with E-state index in [2.05, 4.69) is 24.3 Å². The molecule has 0 aliphatic carbocycles. The van der Waals surface area contributed by atoms with Gasteiger partial charge >= 0.3 is 0 Å². The highest BCUT2D eigenvalue weighted by atomic mass is 16.5. The van der Waals surface area contributed by atoms with Crippen LogP contribution in [0.3, 0.4) is 0 Å². The van der Waals surface area contributed by atoms with Gasteiger partial charge in [0.05, 0.1) is 46.5 Å². The average Bonchev–Trinajstić information content (AvgIpc) is 3.04. The number of nitriles is 4. The Morgan fingerprint density at radius 2 is 0.659 bits per heavy atom. The number of hydrogen-bond acceptors (Lipinski definition) is 8. The van der Waals surface area contributed by atoms with Gasteiger partial charge in [0.1, 0.15) is 54.8 Å². The lowest BCUT2D eigenvalue weighted by Crippen LogP contribution is -2.45. The van der Waals surface area contributed by atoms with Crippen molar-refractivity contribution in [1.29, 1.82) is 21.0 Å². The van der Waals surface area contributed by atoms with Crippen molar-refractivity contribution in [3.05, 3.63) is 119 Å². The number of nitrogens with zero attached hydrogens (tertiary/aromatic N) is 4. The van der Waals surface area contributed by atoms with E-state index in [1.54, 1.807) is 97.1 Å². The van der Waals surface area contributed by atoms with Gasteiger partial charge in [0.25, 0.3) is 0 Å². The van der Waals surface area contributed by atoms with Gasteiger partial charge in [0.2, 0.25) is 0 Å². The molecular formula is C33H24N4O4. The Hall–Kier alpha value is -5.96. The summed E-state index contributed by atoms with van der Waals surface area (Å²) in [4.78, 5) is 0. The molecule has 4 aromatic carbocycles. The van der Waals surface area contributed by atoms with Crippen LogP contribution in [0.15, 0.2) is 97.1 Å². The summed E-state index contributed by atoms with van der Waals surface area (Å²) in [6.45, 7) is 0.261. The summed E-state index contributed by atoms with van der Waals surface area (Å²) in [7, 11) is 0. The smallest absolute Gasteiger partial charge is 0.120 e. The molecule has 0 spiro atoms. The lowest BCUT2D eigenvalue weighted by molar-refractivity contribution is -0.00353. The molecule has 200 valence electrons. The molecule has 0 bridgehead atoms. The van der Waals surface area contributed by atoms with E-state index < -0.39 is 5.41 Å². The van der Waals surface area contributed by atoms with Gasteiger partial charge in [-0.1, -0.05) is 24.3 Å². The molecule has 0 unspecified atom stereocenters. The Morgan fingerprint density at radius 1 is 0.415 bits per heavy atom. The first-order valence-corrected chi connectivity index (χ1v) is 12.6. The van der Waals surface area contributed by atoms with Crippen LogP contribution in [0.5, 0.6) is 23.0 Å². The Balaban J connectivity index is 1.66. The second-order valence-electron chi connectivity index (χ2n) is 9.21. The lowest BCUT2D eigenvalue weighted by Gasteiger charge is -2.33. The summed E-state index contributed by atoms with van der Waals surface area (Å²) in [6.07, 6.45) is 0. The predicted molar refractivity (Wildman–Crippen MR) is 149 cm³/mol. The normalized spacial score (nSPS) is 10.2. The Bertz CT molecular complexity index is 1420. The molecule has 0 aliphatic rings. The van der Waals surface area contributed by atoms with E-state index in [0.717, 1.165) is 0 Å². The molecule has 0 saturated heterocycles. The Labute approximate surface area is 238 Å². The zero-order valence-corrected chi connectivity index (χ0v) is 22.0. The molecule has 0 amide bonds. The van der Waals surface area contributed by atoms with Crippen molar-refractivity contribution in [2.75, 3.05) is 26.4 Å². The summed E-state index contributed by atoms with van der Waals surface area (Å²) < 4.78 is 24.7. The molecule has 0 heterocycles. The topological polar surface area (TPSA) is 132 Å². The largest absolute Gasteiger partial charge is 0.493 e. The van der Waals surface area contributed by atoms with Crippen LogP contribution < -0.4 is 18.9 Å². The number of rotatable bonds is 12. The highest BCUT2D eigenvalue weighted by molar-refractivity contribution is 5.39. The minimum atomic E-state index is -0.934. The molecule has 41 heavy (non-hydrogen) atoms. The second kappa shape index (κ2) is 13.7. The number of benzene rings is 4. The van der Waals surface area contributed by atoms with Crippen LogP contribution in [0.2, 0.25) is 0 Å². The first-order chi connectivity index (χ1) is 20.0. The summed E-state index contributed by atoms with van der Waals surface area (Å²) in [5.74, 6) is 1.94. The Kier molecular flexibility index (Phi) is 9.39. The first kappa shape index (κ1) is 28.1. The van der Waals surface area contributed by atoms with Gasteiger partial charge in [0.15, 0.2) is 0 Å². The third-order valence-electron chi connectivity index (χ3n) is 6.03. The highest BCUT2D eigenvalue weighted by Crippen LogP contribution is 2.27. The zero-order chi connectivity index (χ0) is 28.9. The maximum Gasteiger partial charge on any atom is 0.120 e. The zero-order valence-electron chi connectivity index (χ0n) is 22.0. The summed E-state index contributed by atoms with van der Waals surface area (Å²) in [5.41, 5.74) is 0.869. The fraction of sp³-hybridized carbons (Fsp3) is 0.152. The summed E-state index contributed by atoms with van der Waals surface area (Å²) in [6, 6.07) is 35.6. The minimum absolute atomic E-state index is 0.0652. The molecule has 0 aliphatic heterocycles. The van der Waals surface area contributed by atoms with Crippen LogP contribution in [0.1, 0.15) is 22.3 Å². The molecular weight excluding hydrogens is 516 g/mol. The van der Waals surface area contributed by atoms with Crippen molar-refractivity contribution in [1.82, 2.24) is 0 Å². The van der Waals surface area contributed by atoms with Gasteiger partial charge in [-0.05, 0) is 72.8 Å². The van der Waals surface area contributed by atoms with Gasteiger partial charge in [-0.2, -0.15) is 21.0 Å². The van der Waals surface area contributed by atoms with Gasteiger partial charge in [0, 0.05) is 0 Å². The third-order valence-corrected chi connectivity index (χ3v) is 6.03. The quantitative estimate of drug-likeness (QED) is 0.221. The molecule has 8 heteroatoms. The van der Waals surface area contributed by atoms with E-state index in [9.17, 15) is 21.0 Å². The maximum atomic E-state index is 9.31. The molecule has 4 rings (SSSR count). The van der Waals surface area contributed by atoms with Crippen LogP contribution >= 0.6 is 0 Å². The van der Waals surface area contributed by atoms with Crippen molar-refractivity contribution >= 4 is 0 Å². The van der Waals surface area contributed by atoms with Crippen molar-refractivity contribution < 1.29 is 18.9 Å². The summed E-state index contributed by atoms with van der Waals surface area (Å²) in [5, 5.41) is 37.3. The van der Waals surface area contributed by atoms with E-state index in [-0.39, 0.29) is 26.4 Å². The highest BCUT2D eigenvalue weighted by Gasteiger charge is 2.36. The molecule has 0 saturated carbocycles. The Morgan fingerprint density at radius 3 is 0.878 bits per heavy atom. The van der Waals surface area contributed by atoms with Crippen LogP contribution in [0.25, 0.3) is 0 Å². The van der Waals surface area contributed by atoms with Crippen LogP contribution in [-0.2, 0) is 0 Å². The maximum absolute atomic E-state index is 9.31. The summed E-state index contributed by atoms with van der Waals surface area (Å²) >= 11 is 0. The first-order valence-electron chi connectivity index (χ1n) is 12.6. The van der Waals surface area contributed by atoms with Gasteiger partial charge in [-0.25, -0.2) is 0 Å². The van der Waals surface area contributed by atoms with E-state index in [1.807, 2.05) is 0 Å². The van der Waals surface area contributed by atoms with Crippen molar-refractivity contribution in [2.24, 2.45) is 5.41 Å². The third kappa shape index (κ3) is 8.01. The fourth-order valence-electron chi connectivity index (χ4n) is 3.82. The van der Waals surface area contributed by atoms with E-state index in [1.165, 1.54) is 0 Å². The van der Waals surface area contributed by atoms with Crippen LogP contribution in [-0.4, -0.2) is 26.4 Å². The molecule has 0 radical (unpaired) electrons. The van der Waals surface area contributed by atoms with Crippen molar-refractivity contribution in [2.45, 2.75) is 0 Å². The number of hydrogen-bond donors (Lipinski definition) is 0. The van der Waals surface area contributed by atoms with Crippen molar-refractivity contribution in [3.8, 4) is 47.3 Å². The van der Waals surface area contributed by atoms with Gasteiger partial charge in [-0.15, -0.1) is 0 Å². The molecule has 0 atom stereocenters.